The summed E-state index contributed by atoms with van der Waals surface area (Å²) in [5, 5.41) is 141. The molecule has 3 saturated heterocycles. The molecule has 3 fully saturated rings. The van der Waals surface area contributed by atoms with Gasteiger partial charge in [0.15, 0.2) is 18.9 Å². The fourth-order valence-electron chi connectivity index (χ4n) is 9.54. The van der Waals surface area contributed by atoms with Crippen LogP contribution in [0.3, 0.4) is 0 Å². The third-order valence-corrected chi connectivity index (χ3v) is 14.5. The number of hydrogen-bond acceptors (Lipinski definition) is 27. The normalized spacial score (nSPS) is 31.6. The van der Waals surface area contributed by atoms with Crippen molar-refractivity contribution < 1.29 is 128 Å². The number of aliphatic hydroxyl groups excluding tert-OH is 13. The topological polar surface area (TPSA) is 455 Å². The van der Waals surface area contributed by atoms with Crippen molar-refractivity contribution in [2.45, 2.75) is 182 Å². The SMILES string of the molecule is CC1=C(C(C)NC(=O)CCOCC(COCCC(=O)NCCOC2OC(CO)C(O)C(O)C2O)(COCCC(=O)NCCOC2OC(CO)C(O)C(O)C2O)COCCC(O)NCCOC2OC(CO)C(O)C(O)C2O)CCCCCC1. The first-order valence-corrected chi connectivity index (χ1v) is 28.3. The van der Waals surface area contributed by atoms with Gasteiger partial charge in [-0.3, -0.25) is 19.7 Å². The van der Waals surface area contributed by atoms with Gasteiger partial charge in [-0.15, -0.1) is 0 Å². The zero-order valence-corrected chi connectivity index (χ0v) is 47.0. The van der Waals surface area contributed by atoms with Crippen LogP contribution in [0.15, 0.2) is 11.1 Å². The second kappa shape index (κ2) is 38.4. The quantitative estimate of drug-likeness (QED) is 0.0155. The first-order valence-electron chi connectivity index (χ1n) is 28.3. The summed E-state index contributed by atoms with van der Waals surface area (Å²) in [5.41, 5.74) is 1.36. The maximum atomic E-state index is 13.3. The van der Waals surface area contributed by atoms with E-state index >= 15 is 0 Å². The number of carbonyl (C=O) groups excluding carboxylic acids is 3. The second-order valence-electron chi connectivity index (χ2n) is 21.1. The van der Waals surface area contributed by atoms with Gasteiger partial charge in [-0.05, 0) is 45.1 Å². The molecule has 0 aromatic heterocycles. The molecule has 30 nitrogen and oxygen atoms in total. The summed E-state index contributed by atoms with van der Waals surface area (Å²) < 4.78 is 56.7. The molecular formula is C52H94N4O26. The molecular weight excluding hydrogens is 1100 g/mol. The second-order valence-corrected chi connectivity index (χ2v) is 21.1. The monoisotopic (exact) mass is 1190 g/mol. The largest absolute Gasteiger partial charge is 0.394 e. The Morgan fingerprint density at radius 1 is 0.512 bits per heavy atom. The minimum atomic E-state index is -1.64. The zero-order chi connectivity index (χ0) is 60.2. The lowest BCUT2D eigenvalue weighted by molar-refractivity contribution is -0.300. The summed E-state index contributed by atoms with van der Waals surface area (Å²) >= 11 is 0. The van der Waals surface area contributed by atoms with Crippen molar-refractivity contribution in [3.8, 4) is 0 Å². The molecule has 0 aromatic carbocycles. The molecule has 17 unspecified atom stereocenters. The molecule has 4 aliphatic rings. The van der Waals surface area contributed by atoms with E-state index in [1.165, 1.54) is 17.6 Å². The van der Waals surface area contributed by atoms with Crippen LogP contribution in [0.1, 0.15) is 78.1 Å². The number of allylic oxidation sites excluding steroid dienone is 1. The predicted molar refractivity (Wildman–Crippen MR) is 281 cm³/mol. The van der Waals surface area contributed by atoms with Gasteiger partial charge in [-0.1, -0.05) is 18.4 Å². The molecule has 0 bridgehead atoms. The molecule has 3 amide bonds. The number of amides is 3. The van der Waals surface area contributed by atoms with Crippen LogP contribution < -0.4 is 21.3 Å². The zero-order valence-electron chi connectivity index (χ0n) is 47.0. The maximum absolute atomic E-state index is 13.3. The molecule has 478 valence electrons. The van der Waals surface area contributed by atoms with Crippen LogP contribution in [0.4, 0.5) is 0 Å². The van der Waals surface area contributed by atoms with Crippen molar-refractivity contribution in [1.82, 2.24) is 21.3 Å². The molecule has 3 heterocycles. The fraction of sp³-hybridized carbons (Fsp3) is 0.904. The summed E-state index contributed by atoms with van der Waals surface area (Å²) in [6, 6.07) is -0.168. The van der Waals surface area contributed by atoms with E-state index in [-0.39, 0.29) is 130 Å². The minimum absolute atomic E-state index is 0.00775. The number of nitrogens with one attached hydrogen (secondary N) is 4. The van der Waals surface area contributed by atoms with Gasteiger partial charge in [0.1, 0.15) is 79.5 Å². The Labute approximate surface area is 477 Å². The minimum Gasteiger partial charge on any atom is -0.394 e. The molecule has 0 saturated carbocycles. The van der Waals surface area contributed by atoms with Crippen molar-refractivity contribution in [2.24, 2.45) is 5.41 Å². The van der Waals surface area contributed by atoms with E-state index in [9.17, 15) is 80.8 Å². The van der Waals surface area contributed by atoms with Gasteiger partial charge in [0.05, 0.1) is 97.9 Å². The molecule has 3 aliphatic heterocycles. The molecule has 17 atom stereocenters. The average Bonchev–Trinajstić information content (AvgIpc) is 3.52. The highest BCUT2D eigenvalue weighted by Gasteiger charge is 2.46. The number of aliphatic hydroxyl groups is 13. The number of hydrogen-bond donors (Lipinski definition) is 17. The van der Waals surface area contributed by atoms with Crippen LogP contribution in [0.2, 0.25) is 0 Å². The summed E-state index contributed by atoms with van der Waals surface area (Å²) in [7, 11) is 0. The highest BCUT2D eigenvalue weighted by molar-refractivity contribution is 5.77. The van der Waals surface area contributed by atoms with Gasteiger partial charge in [0, 0.05) is 51.4 Å². The van der Waals surface area contributed by atoms with Crippen molar-refractivity contribution in [3.63, 3.8) is 0 Å². The van der Waals surface area contributed by atoms with Crippen molar-refractivity contribution >= 4 is 17.7 Å². The van der Waals surface area contributed by atoms with E-state index in [0.29, 0.717) is 0 Å². The third kappa shape index (κ3) is 23.8. The molecule has 1 aliphatic carbocycles. The molecule has 17 N–H and O–H groups in total. The Balaban J connectivity index is 1.36. The van der Waals surface area contributed by atoms with Crippen molar-refractivity contribution in [3.05, 3.63) is 11.1 Å². The maximum Gasteiger partial charge on any atom is 0.222 e. The molecule has 30 heteroatoms. The van der Waals surface area contributed by atoms with Crippen LogP contribution in [0.25, 0.3) is 0 Å². The fourth-order valence-corrected chi connectivity index (χ4v) is 9.54. The van der Waals surface area contributed by atoms with Gasteiger partial charge in [0.2, 0.25) is 17.7 Å². The number of carbonyl (C=O) groups is 3. The van der Waals surface area contributed by atoms with Gasteiger partial charge < -0.3 is 130 Å². The van der Waals surface area contributed by atoms with Gasteiger partial charge >= 0.3 is 0 Å². The lowest BCUT2D eigenvalue weighted by Gasteiger charge is -2.39. The van der Waals surface area contributed by atoms with E-state index in [1.807, 2.05) is 6.92 Å². The van der Waals surface area contributed by atoms with E-state index in [2.05, 4.69) is 28.2 Å². The van der Waals surface area contributed by atoms with E-state index in [0.717, 1.165) is 32.1 Å². The van der Waals surface area contributed by atoms with Crippen LogP contribution in [0, 0.1) is 5.41 Å². The lowest BCUT2D eigenvalue weighted by atomic mass is 9.90. The molecule has 82 heavy (non-hydrogen) atoms. The summed E-state index contributed by atoms with van der Waals surface area (Å²) in [4.78, 5) is 39.0. The summed E-state index contributed by atoms with van der Waals surface area (Å²) in [5.74, 6) is -1.14. The highest BCUT2D eigenvalue weighted by Crippen LogP contribution is 2.27. The van der Waals surface area contributed by atoms with Gasteiger partial charge in [0.25, 0.3) is 0 Å². The highest BCUT2D eigenvalue weighted by atomic mass is 16.7. The predicted octanol–water partition coefficient (Wildman–Crippen LogP) is -6.64. The first kappa shape index (κ1) is 71.7. The Kier molecular flexibility index (Phi) is 33.5. The first-order chi connectivity index (χ1) is 39.3. The van der Waals surface area contributed by atoms with Crippen LogP contribution >= 0.6 is 0 Å². The lowest BCUT2D eigenvalue weighted by Crippen LogP contribution is -2.59. The van der Waals surface area contributed by atoms with Crippen LogP contribution in [0.5, 0.6) is 0 Å². The average molecular weight is 1190 g/mol. The van der Waals surface area contributed by atoms with Crippen molar-refractivity contribution in [2.75, 3.05) is 112 Å². The molecule has 0 spiro atoms. The van der Waals surface area contributed by atoms with Crippen LogP contribution in [-0.2, 0) is 61.8 Å². The van der Waals surface area contributed by atoms with E-state index in [1.54, 1.807) is 0 Å². The summed E-state index contributed by atoms with van der Waals surface area (Å²) in [6.45, 7) is 0.784. The van der Waals surface area contributed by atoms with Crippen molar-refractivity contribution in [1.29, 1.82) is 0 Å². The number of ether oxygens (including phenoxy) is 10. The van der Waals surface area contributed by atoms with Gasteiger partial charge in [-0.2, -0.15) is 0 Å². The molecule has 0 aromatic rings. The standard InChI is InChI=1S/C52H94N4O26/c1-30-7-5-3-4-6-8-32(30)31(2)56-39(63)12-19-76-29-52(26-73-16-9-36(60)53-13-20-77-49-46(70)43(67)40(64)33(23-57)80-49,27-74-17-10-37(61)54-14-21-78-50-47(71)44(68)41(65)34(24-58)81-50)28-75-18-11-38(62)55-15-22-79-51-48(72)45(69)42(66)35(25-59)82-51/h31,33-36,40-51,53,57-60,64-72H,3-29H2,1-2H3,(H,54,61)(H,55,62)(H,56,63). The molecule has 0 radical (unpaired) electrons. The Bertz CT molecular complexity index is 1780. The van der Waals surface area contributed by atoms with Gasteiger partial charge in [-0.25, -0.2) is 0 Å². The van der Waals surface area contributed by atoms with E-state index < -0.39 is 135 Å². The van der Waals surface area contributed by atoms with E-state index in [4.69, 9.17) is 47.4 Å². The Morgan fingerprint density at radius 2 is 0.890 bits per heavy atom. The van der Waals surface area contributed by atoms with Crippen LogP contribution in [-0.4, -0.2) is 301 Å². The summed E-state index contributed by atoms with van der Waals surface area (Å²) in [6.07, 6.45) is -17.2. The molecule has 4 rings (SSSR count). The Morgan fingerprint density at radius 3 is 1.30 bits per heavy atom. The third-order valence-electron chi connectivity index (χ3n) is 14.5. The number of rotatable bonds is 38. The smallest absolute Gasteiger partial charge is 0.222 e. The Hall–Kier alpha value is -2.81.